The summed E-state index contributed by atoms with van der Waals surface area (Å²) in [6, 6.07) is 7.37. The molecule has 0 aliphatic rings. The van der Waals surface area contributed by atoms with Crippen molar-refractivity contribution in [1.82, 2.24) is 9.97 Å². The highest BCUT2D eigenvalue weighted by molar-refractivity contribution is 6.31. The molecular formula is C13H12Cl2N2O. The van der Waals surface area contributed by atoms with Gasteiger partial charge in [0.1, 0.15) is 5.15 Å². The maximum atomic E-state index is 6.09. The van der Waals surface area contributed by atoms with Crippen molar-refractivity contribution in [1.29, 1.82) is 0 Å². The molecule has 0 unspecified atom stereocenters. The molecule has 0 saturated carbocycles. The van der Waals surface area contributed by atoms with Crippen LogP contribution in [-0.4, -0.2) is 17.1 Å². The van der Waals surface area contributed by atoms with Gasteiger partial charge >= 0.3 is 0 Å². The molecule has 0 spiro atoms. The summed E-state index contributed by atoms with van der Waals surface area (Å²) in [6.07, 6.45) is 0. The lowest BCUT2D eigenvalue weighted by Crippen LogP contribution is -1.97. The Morgan fingerprint density at radius 1 is 1.17 bits per heavy atom. The van der Waals surface area contributed by atoms with Gasteiger partial charge in [0.05, 0.1) is 12.3 Å². The summed E-state index contributed by atoms with van der Waals surface area (Å²) in [5.41, 5.74) is 2.59. The van der Waals surface area contributed by atoms with Gasteiger partial charge in [0.15, 0.2) is 5.82 Å². The fourth-order valence-electron chi connectivity index (χ4n) is 1.55. The van der Waals surface area contributed by atoms with Crippen molar-refractivity contribution in [3.63, 3.8) is 0 Å². The summed E-state index contributed by atoms with van der Waals surface area (Å²) in [6.45, 7) is 2.34. The third-order valence-corrected chi connectivity index (χ3v) is 3.07. The van der Waals surface area contributed by atoms with Crippen molar-refractivity contribution < 1.29 is 4.74 Å². The fraction of sp³-hybridized carbons (Fsp3) is 0.231. The molecule has 0 atom stereocenters. The van der Waals surface area contributed by atoms with Gasteiger partial charge < -0.3 is 4.74 Å². The molecule has 2 aromatic rings. The molecule has 94 valence electrons. The number of aromatic nitrogens is 2. The van der Waals surface area contributed by atoms with Crippen LogP contribution < -0.4 is 0 Å². The molecule has 18 heavy (non-hydrogen) atoms. The molecule has 1 heterocycles. The molecule has 0 aliphatic heterocycles. The van der Waals surface area contributed by atoms with E-state index in [1.54, 1.807) is 13.2 Å². The molecule has 0 saturated heterocycles. The number of ether oxygens (including phenoxy) is 1. The summed E-state index contributed by atoms with van der Waals surface area (Å²) in [5.74, 6) is 0.552. The Kier molecular flexibility index (Phi) is 4.17. The van der Waals surface area contributed by atoms with E-state index in [1.807, 2.05) is 25.1 Å². The van der Waals surface area contributed by atoms with Gasteiger partial charge in [0.25, 0.3) is 0 Å². The molecule has 0 amide bonds. The van der Waals surface area contributed by atoms with Crippen molar-refractivity contribution in [3.8, 4) is 11.4 Å². The zero-order valence-corrected chi connectivity index (χ0v) is 11.6. The molecular weight excluding hydrogens is 271 g/mol. The maximum absolute atomic E-state index is 6.09. The molecule has 5 heteroatoms. The lowest BCUT2D eigenvalue weighted by atomic mass is 10.1. The van der Waals surface area contributed by atoms with Crippen LogP contribution in [0.5, 0.6) is 0 Å². The monoisotopic (exact) mass is 282 g/mol. The number of aryl methyl sites for hydroxylation is 1. The second-order valence-corrected chi connectivity index (χ2v) is 4.70. The van der Waals surface area contributed by atoms with Crippen molar-refractivity contribution in [3.05, 3.63) is 45.7 Å². The normalized spacial score (nSPS) is 10.7. The van der Waals surface area contributed by atoms with Crippen LogP contribution >= 0.6 is 23.2 Å². The highest BCUT2D eigenvalue weighted by atomic mass is 35.5. The SMILES string of the molecule is COCc1cc(Cl)nc(-c2ccc(C)c(Cl)c2)n1. The van der Waals surface area contributed by atoms with Gasteiger partial charge in [-0.05, 0) is 24.6 Å². The summed E-state index contributed by atoms with van der Waals surface area (Å²) < 4.78 is 5.04. The molecule has 0 N–H and O–H groups in total. The molecule has 0 radical (unpaired) electrons. The van der Waals surface area contributed by atoms with E-state index in [-0.39, 0.29) is 0 Å². The van der Waals surface area contributed by atoms with Crippen molar-refractivity contribution in [2.24, 2.45) is 0 Å². The Hall–Kier alpha value is -1.16. The van der Waals surface area contributed by atoms with Gasteiger partial charge in [-0.1, -0.05) is 35.3 Å². The quantitative estimate of drug-likeness (QED) is 0.801. The van der Waals surface area contributed by atoms with E-state index in [2.05, 4.69) is 9.97 Å². The Labute approximate surface area is 116 Å². The van der Waals surface area contributed by atoms with Crippen LogP contribution in [0.3, 0.4) is 0 Å². The number of halogens is 2. The predicted octanol–water partition coefficient (Wildman–Crippen LogP) is 3.91. The van der Waals surface area contributed by atoms with Gasteiger partial charge in [0, 0.05) is 17.7 Å². The number of rotatable bonds is 3. The Morgan fingerprint density at radius 2 is 1.94 bits per heavy atom. The first-order valence-corrected chi connectivity index (χ1v) is 6.14. The first kappa shape index (κ1) is 13.3. The van der Waals surface area contributed by atoms with E-state index in [0.29, 0.717) is 22.6 Å². The zero-order chi connectivity index (χ0) is 13.1. The maximum Gasteiger partial charge on any atom is 0.161 e. The molecule has 1 aromatic heterocycles. The van der Waals surface area contributed by atoms with E-state index in [9.17, 15) is 0 Å². The first-order valence-electron chi connectivity index (χ1n) is 5.39. The van der Waals surface area contributed by atoms with E-state index >= 15 is 0 Å². The van der Waals surface area contributed by atoms with E-state index in [4.69, 9.17) is 27.9 Å². The highest BCUT2D eigenvalue weighted by Crippen LogP contribution is 2.24. The molecule has 0 bridgehead atoms. The Balaban J connectivity index is 2.46. The van der Waals surface area contributed by atoms with Crippen molar-refractivity contribution >= 4 is 23.2 Å². The minimum absolute atomic E-state index is 0.392. The van der Waals surface area contributed by atoms with Gasteiger partial charge in [-0.3, -0.25) is 0 Å². The molecule has 2 rings (SSSR count). The zero-order valence-electron chi connectivity index (χ0n) is 10.1. The van der Waals surface area contributed by atoms with E-state index in [0.717, 1.165) is 16.8 Å². The van der Waals surface area contributed by atoms with Crippen LogP contribution in [0.15, 0.2) is 24.3 Å². The van der Waals surface area contributed by atoms with E-state index < -0.39 is 0 Å². The first-order chi connectivity index (χ1) is 8.60. The average molecular weight is 283 g/mol. The largest absolute Gasteiger partial charge is 0.378 e. The molecule has 0 fully saturated rings. The molecule has 3 nitrogen and oxygen atoms in total. The van der Waals surface area contributed by atoms with Crippen molar-refractivity contribution in [2.75, 3.05) is 7.11 Å². The van der Waals surface area contributed by atoms with Crippen LogP contribution in [0.4, 0.5) is 0 Å². The van der Waals surface area contributed by atoms with Crippen LogP contribution in [-0.2, 0) is 11.3 Å². The van der Waals surface area contributed by atoms with Crippen LogP contribution in [0, 0.1) is 6.92 Å². The lowest BCUT2D eigenvalue weighted by molar-refractivity contribution is 0.181. The standard InChI is InChI=1S/C13H12Cl2N2O/c1-8-3-4-9(5-11(8)14)13-16-10(7-18-2)6-12(15)17-13/h3-6H,7H2,1-2H3. The minimum Gasteiger partial charge on any atom is -0.378 e. The summed E-state index contributed by atoms with van der Waals surface area (Å²) >= 11 is 12.1. The Morgan fingerprint density at radius 3 is 2.61 bits per heavy atom. The topological polar surface area (TPSA) is 35.0 Å². The number of hydrogen-bond donors (Lipinski definition) is 0. The van der Waals surface area contributed by atoms with Crippen LogP contribution in [0.2, 0.25) is 10.2 Å². The summed E-state index contributed by atoms with van der Waals surface area (Å²) in [7, 11) is 1.61. The predicted molar refractivity (Wildman–Crippen MR) is 72.9 cm³/mol. The van der Waals surface area contributed by atoms with Gasteiger partial charge in [-0.15, -0.1) is 0 Å². The van der Waals surface area contributed by atoms with Gasteiger partial charge in [-0.25, -0.2) is 9.97 Å². The minimum atomic E-state index is 0.392. The second kappa shape index (κ2) is 5.65. The van der Waals surface area contributed by atoms with Crippen LogP contribution in [0.25, 0.3) is 11.4 Å². The number of hydrogen-bond acceptors (Lipinski definition) is 3. The van der Waals surface area contributed by atoms with Crippen LogP contribution in [0.1, 0.15) is 11.3 Å². The van der Waals surface area contributed by atoms with Gasteiger partial charge in [-0.2, -0.15) is 0 Å². The third kappa shape index (κ3) is 2.99. The summed E-state index contributed by atoms with van der Waals surface area (Å²) in [4.78, 5) is 8.58. The smallest absolute Gasteiger partial charge is 0.161 e. The Bertz CT molecular complexity index is 573. The lowest BCUT2D eigenvalue weighted by Gasteiger charge is -2.06. The van der Waals surface area contributed by atoms with Crippen molar-refractivity contribution in [2.45, 2.75) is 13.5 Å². The number of benzene rings is 1. The average Bonchev–Trinajstić information content (AvgIpc) is 2.32. The highest BCUT2D eigenvalue weighted by Gasteiger charge is 2.07. The van der Waals surface area contributed by atoms with E-state index in [1.165, 1.54) is 0 Å². The molecule has 1 aromatic carbocycles. The molecule has 0 aliphatic carbocycles. The third-order valence-electron chi connectivity index (χ3n) is 2.47. The van der Waals surface area contributed by atoms with Gasteiger partial charge in [0.2, 0.25) is 0 Å². The second-order valence-electron chi connectivity index (χ2n) is 3.90. The number of nitrogens with zero attached hydrogens (tertiary/aromatic N) is 2. The summed E-state index contributed by atoms with van der Waals surface area (Å²) in [5, 5.41) is 1.08. The fourth-order valence-corrected chi connectivity index (χ4v) is 1.93. The number of methoxy groups -OCH3 is 1.